The van der Waals surface area contributed by atoms with Gasteiger partial charge in [0.15, 0.2) is 0 Å². The Morgan fingerprint density at radius 3 is 2.81 bits per heavy atom. The topological polar surface area (TPSA) is 20.2 Å². The highest BCUT2D eigenvalue weighted by molar-refractivity contribution is 7.98. The van der Waals surface area contributed by atoms with Crippen LogP contribution in [-0.4, -0.2) is 11.7 Å². The van der Waals surface area contributed by atoms with E-state index in [0.717, 1.165) is 5.56 Å². The van der Waals surface area contributed by atoms with Gasteiger partial charge in [0.25, 0.3) is 0 Å². The molecule has 0 heterocycles. The van der Waals surface area contributed by atoms with E-state index in [1.165, 1.54) is 16.5 Å². The van der Waals surface area contributed by atoms with Gasteiger partial charge in [-0.3, -0.25) is 0 Å². The zero-order valence-corrected chi connectivity index (χ0v) is 12.7. The first-order valence-electron chi connectivity index (χ1n) is 6.76. The predicted molar refractivity (Wildman–Crippen MR) is 85.7 cm³/mol. The van der Waals surface area contributed by atoms with Gasteiger partial charge in [0.05, 0.1) is 6.61 Å². The van der Waals surface area contributed by atoms with Crippen LogP contribution < -0.4 is 0 Å². The van der Waals surface area contributed by atoms with Gasteiger partial charge in [-0.2, -0.15) is 0 Å². The van der Waals surface area contributed by atoms with E-state index in [9.17, 15) is 4.39 Å². The molecular formula is C18H17FOS. The summed E-state index contributed by atoms with van der Waals surface area (Å²) in [6, 6.07) is 13.1. The summed E-state index contributed by atoms with van der Waals surface area (Å²) in [5, 5.41) is 8.71. The van der Waals surface area contributed by atoms with Crippen LogP contribution in [0.2, 0.25) is 0 Å². The predicted octanol–water partition coefficient (Wildman–Crippen LogP) is 4.16. The van der Waals surface area contributed by atoms with Crippen molar-refractivity contribution in [3.63, 3.8) is 0 Å². The number of aryl methyl sites for hydroxylation is 1. The second kappa shape index (κ2) is 7.87. The summed E-state index contributed by atoms with van der Waals surface area (Å²) in [4.78, 5) is 1.17. The van der Waals surface area contributed by atoms with Crippen LogP contribution in [0.15, 0.2) is 47.4 Å². The Kier molecular flexibility index (Phi) is 5.86. The highest BCUT2D eigenvalue weighted by Crippen LogP contribution is 2.24. The van der Waals surface area contributed by atoms with E-state index in [1.54, 1.807) is 17.8 Å². The molecule has 108 valence electrons. The van der Waals surface area contributed by atoms with Crippen LogP contribution in [0.3, 0.4) is 0 Å². The molecule has 0 aliphatic carbocycles. The second-order valence-electron chi connectivity index (χ2n) is 4.73. The van der Waals surface area contributed by atoms with E-state index in [4.69, 9.17) is 5.11 Å². The van der Waals surface area contributed by atoms with Crippen molar-refractivity contribution < 1.29 is 9.50 Å². The first-order valence-corrected chi connectivity index (χ1v) is 7.74. The monoisotopic (exact) mass is 300 g/mol. The van der Waals surface area contributed by atoms with Gasteiger partial charge in [0.2, 0.25) is 0 Å². The lowest BCUT2D eigenvalue weighted by Gasteiger charge is -2.04. The average Bonchev–Trinajstić information content (AvgIpc) is 2.45. The maximum Gasteiger partial charge on any atom is 0.124 e. The van der Waals surface area contributed by atoms with Crippen LogP contribution in [0.25, 0.3) is 0 Å². The maximum absolute atomic E-state index is 13.6. The van der Waals surface area contributed by atoms with Crippen LogP contribution in [0.4, 0.5) is 4.39 Å². The van der Waals surface area contributed by atoms with E-state index >= 15 is 0 Å². The van der Waals surface area contributed by atoms with Gasteiger partial charge in [-0.05, 0) is 42.8 Å². The van der Waals surface area contributed by atoms with Gasteiger partial charge in [-0.25, -0.2) is 4.39 Å². The largest absolute Gasteiger partial charge is 0.395 e. The molecule has 1 nitrogen and oxygen atoms in total. The van der Waals surface area contributed by atoms with Gasteiger partial charge in [-0.15, -0.1) is 11.8 Å². The number of benzene rings is 2. The van der Waals surface area contributed by atoms with Crippen molar-refractivity contribution in [2.24, 2.45) is 0 Å². The van der Waals surface area contributed by atoms with E-state index in [1.807, 2.05) is 12.1 Å². The summed E-state index contributed by atoms with van der Waals surface area (Å²) in [7, 11) is 0. The third kappa shape index (κ3) is 5.26. The van der Waals surface area contributed by atoms with E-state index in [2.05, 4.69) is 37.0 Å². The van der Waals surface area contributed by atoms with Crippen LogP contribution in [0, 0.1) is 24.6 Å². The number of thioether (sulfide) groups is 1. The van der Waals surface area contributed by atoms with Crippen molar-refractivity contribution in [3.8, 4) is 11.8 Å². The van der Waals surface area contributed by atoms with Gasteiger partial charge < -0.3 is 5.11 Å². The zero-order chi connectivity index (χ0) is 15.1. The Morgan fingerprint density at radius 2 is 2.05 bits per heavy atom. The Bertz CT molecular complexity index is 670. The number of aliphatic hydroxyl groups excluding tert-OH is 1. The molecule has 0 radical (unpaired) electrons. The molecule has 3 heteroatoms. The van der Waals surface area contributed by atoms with E-state index in [0.29, 0.717) is 17.7 Å². The van der Waals surface area contributed by atoms with Crippen LogP contribution in [-0.2, 0) is 5.75 Å². The Morgan fingerprint density at radius 1 is 1.19 bits per heavy atom. The Labute approximate surface area is 129 Å². The van der Waals surface area contributed by atoms with Gasteiger partial charge >= 0.3 is 0 Å². The van der Waals surface area contributed by atoms with Gasteiger partial charge in [-0.1, -0.05) is 29.5 Å². The number of hydrogen-bond acceptors (Lipinski definition) is 2. The molecule has 0 spiro atoms. The molecule has 1 N–H and O–H groups in total. The highest BCUT2D eigenvalue weighted by atomic mass is 32.2. The minimum absolute atomic E-state index is 0.0262. The lowest BCUT2D eigenvalue weighted by molar-refractivity contribution is 0.305. The van der Waals surface area contributed by atoms with Gasteiger partial charge in [0.1, 0.15) is 5.82 Å². The summed E-state index contributed by atoms with van der Waals surface area (Å²) < 4.78 is 13.6. The first kappa shape index (κ1) is 15.6. The molecule has 2 rings (SSSR count). The zero-order valence-electron chi connectivity index (χ0n) is 11.9. The van der Waals surface area contributed by atoms with Crippen molar-refractivity contribution in [3.05, 3.63) is 65.0 Å². The quantitative estimate of drug-likeness (QED) is 0.676. The lowest BCUT2D eigenvalue weighted by Crippen LogP contribution is -1.87. The summed E-state index contributed by atoms with van der Waals surface area (Å²) in [6.07, 6.45) is 0.407. The van der Waals surface area contributed by atoms with Crippen LogP contribution in [0.1, 0.15) is 23.1 Å². The van der Waals surface area contributed by atoms with E-state index in [-0.39, 0.29) is 12.4 Å². The van der Waals surface area contributed by atoms with Crippen molar-refractivity contribution in [2.45, 2.75) is 24.0 Å². The molecule has 0 aliphatic rings. The molecule has 0 saturated carbocycles. The maximum atomic E-state index is 13.6. The molecule has 0 amide bonds. The fraction of sp³-hybridized carbons (Fsp3) is 0.222. The Hall–Kier alpha value is -1.76. The summed E-state index contributed by atoms with van der Waals surface area (Å²) in [6.45, 7) is 2.08. The number of aliphatic hydroxyl groups is 1. The molecule has 0 aromatic heterocycles. The SMILES string of the molecule is Cc1cccc(SCc2cc(F)cc(C#CCCO)c2)c1. The minimum atomic E-state index is -0.273. The van der Waals surface area contributed by atoms with Crippen molar-refractivity contribution in [1.82, 2.24) is 0 Å². The van der Waals surface area contributed by atoms with Crippen molar-refractivity contribution in [1.29, 1.82) is 0 Å². The van der Waals surface area contributed by atoms with Crippen molar-refractivity contribution >= 4 is 11.8 Å². The number of rotatable bonds is 4. The second-order valence-corrected chi connectivity index (χ2v) is 5.78. The smallest absolute Gasteiger partial charge is 0.124 e. The third-order valence-electron chi connectivity index (χ3n) is 2.82. The third-order valence-corrected chi connectivity index (χ3v) is 3.89. The number of halogens is 1. The molecule has 21 heavy (non-hydrogen) atoms. The standard InChI is InChI=1S/C18H17FOS/c1-14-5-4-7-18(9-14)21-13-16-10-15(6-2-3-8-20)11-17(19)12-16/h4-5,7,9-12,20H,3,8,13H2,1H3. The molecule has 2 aromatic carbocycles. The molecule has 0 fully saturated rings. The molecule has 0 unspecified atom stereocenters. The summed E-state index contributed by atoms with van der Waals surface area (Å²) in [5.41, 5.74) is 2.79. The van der Waals surface area contributed by atoms with Crippen molar-refractivity contribution in [2.75, 3.05) is 6.61 Å². The summed E-state index contributed by atoms with van der Waals surface area (Å²) >= 11 is 1.68. The fourth-order valence-corrected chi connectivity index (χ4v) is 2.84. The van der Waals surface area contributed by atoms with E-state index < -0.39 is 0 Å². The molecule has 2 aromatic rings. The summed E-state index contributed by atoms with van der Waals surface area (Å²) in [5.74, 6) is 6.12. The molecule has 0 aliphatic heterocycles. The lowest BCUT2D eigenvalue weighted by atomic mass is 10.1. The molecule has 0 saturated heterocycles. The van der Waals surface area contributed by atoms with Crippen LogP contribution >= 0.6 is 11.8 Å². The highest BCUT2D eigenvalue weighted by Gasteiger charge is 2.01. The van der Waals surface area contributed by atoms with Crippen LogP contribution in [0.5, 0.6) is 0 Å². The Balaban J connectivity index is 2.08. The minimum Gasteiger partial charge on any atom is -0.395 e. The molecule has 0 atom stereocenters. The van der Waals surface area contributed by atoms with Gasteiger partial charge in [0, 0.05) is 22.6 Å². The molecular weight excluding hydrogens is 283 g/mol. The first-order chi connectivity index (χ1) is 10.2. The number of hydrogen-bond donors (Lipinski definition) is 1. The average molecular weight is 300 g/mol. The molecule has 0 bridgehead atoms. The normalized spacial score (nSPS) is 10.0. The fourth-order valence-electron chi connectivity index (χ4n) is 1.90.